The number of carbonyl (C=O) groups is 2. The molecule has 2 aliphatic rings. The minimum absolute atomic E-state index is 0.0367. The highest BCUT2D eigenvalue weighted by Crippen LogP contribution is 2.38. The Labute approximate surface area is 314 Å². The van der Waals surface area contributed by atoms with E-state index in [1.54, 1.807) is 24.8 Å². The van der Waals surface area contributed by atoms with Gasteiger partial charge in [-0.15, -0.1) is 0 Å². The second-order valence-electron chi connectivity index (χ2n) is 12.8. The summed E-state index contributed by atoms with van der Waals surface area (Å²) in [5, 5.41) is 18.9. The lowest BCUT2D eigenvalue weighted by molar-refractivity contribution is -0.137. The Kier molecular flexibility index (Phi) is 12.6. The van der Waals surface area contributed by atoms with Crippen molar-refractivity contribution in [3.05, 3.63) is 144 Å². The Morgan fingerprint density at radius 2 is 0.963 bits per heavy atom. The third-order valence-electron chi connectivity index (χ3n) is 9.35. The molecule has 7 rings (SSSR count). The van der Waals surface area contributed by atoms with E-state index < -0.39 is 11.9 Å². The number of aliphatic carboxylic acids is 2. The molecule has 0 unspecified atom stereocenters. The lowest BCUT2D eigenvalue weighted by atomic mass is 9.98. The Balaban J connectivity index is 0.000000395. The van der Waals surface area contributed by atoms with E-state index in [0.717, 1.165) is 78.0 Å². The summed E-state index contributed by atoms with van der Waals surface area (Å²) in [6.07, 6.45) is 11.2. The number of allylic oxidation sites excluding steroid dienone is 4. The number of hydrogen-bond donors (Lipinski definition) is 4. The van der Waals surface area contributed by atoms with Crippen molar-refractivity contribution in [1.82, 2.24) is 29.9 Å². The lowest BCUT2D eigenvalue weighted by Crippen LogP contribution is -1.97. The molecule has 0 amide bonds. The van der Waals surface area contributed by atoms with Gasteiger partial charge in [-0.3, -0.25) is 19.6 Å². The normalized spacial score (nSPS) is 11.9. The van der Waals surface area contributed by atoms with Crippen LogP contribution in [0.25, 0.3) is 56.5 Å². The smallest absolute Gasteiger partial charge is 0.303 e. The molecule has 4 N–H and O–H groups in total. The number of nitrogens with zero attached hydrogens (tertiary/aromatic N) is 4. The second kappa shape index (κ2) is 17.7. The van der Waals surface area contributed by atoms with Crippen LogP contribution in [-0.2, 0) is 9.59 Å². The minimum Gasteiger partial charge on any atom is -0.481 e. The van der Waals surface area contributed by atoms with Crippen LogP contribution in [0.15, 0.2) is 98.6 Å². The molecule has 0 fully saturated rings. The largest absolute Gasteiger partial charge is 0.481 e. The summed E-state index contributed by atoms with van der Waals surface area (Å²) in [4.78, 5) is 47.6. The van der Waals surface area contributed by atoms with E-state index in [2.05, 4.69) is 39.2 Å². The van der Waals surface area contributed by atoms with Crippen molar-refractivity contribution in [2.75, 3.05) is 0 Å². The molecule has 0 saturated carbocycles. The Morgan fingerprint density at radius 1 is 0.574 bits per heavy atom. The number of aryl methyl sites for hydroxylation is 2. The highest BCUT2D eigenvalue weighted by Gasteiger charge is 2.22. The number of rotatable bonds is 8. The fourth-order valence-corrected chi connectivity index (χ4v) is 6.39. The van der Waals surface area contributed by atoms with Crippen LogP contribution in [0.5, 0.6) is 0 Å². The van der Waals surface area contributed by atoms with E-state index in [0.29, 0.717) is 24.2 Å². The van der Waals surface area contributed by atoms with Crippen molar-refractivity contribution < 1.29 is 19.8 Å². The number of H-pyrrole nitrogens is 2. The zero-order valence-corrected chi connectivity index (χ0v) is 31.0. The van der Waals surface area contributed by atoms with Gasteiger partial charge in [-0.1, -0.05) is 37.4 Å². The molecule has 10 heteroatoms. The second-order valence-corrected chi connectivity index (χ2v) is 12.8. The number of pyridine rings is 2. The summed E-state index contributed by atoms with van der Waals surface area (Å²) in [7, 11) is 0. The third kappa shape index (κ3) is 9.02. The highest BCUT2D eigenvalue weighted by atomic mass is 16.4. The van der Waals surface area contributed by atoms with Crippen LogP contribution in [0.2, 0.25) is 0 Å². The van der Waals surface area contributed by atoms with E-state index in [1.165, 1.54) is 0 Å². The van der Waals surface area contributed by atoms with Crippen molar-refractivity contribution >= 4 is 68.4 Å². The van der Waals surface area contributed by atoms with Gasteiger partial charge >= 0.3 is 11.9 Å². The summed E-state index contributed by atoms with van der Waals surface area (Å²) >= 11 is 0. The van der Waals surface area contributed by atoms with Gasteiger partial charge in [0.2, 0.25) is 0 Å². The SMILES string of the molecule is C=Cc1c(C)c2cc3[nH]c(cc4nc(cc5nc(cc1[nH]2)C(C)=C5CCC(=O)O)C(CCC(=O)O)=C4C)c(C)c3C=C.c1ccncc1.c1ccncc1. The van der Waals surface area contributed by atoms with Gasteiger partial charge in [-0.2, -0.15) is 0 Å². The fourth-order valence-electron chi connectivity index (χ4n) is 6.39. The van der Waals surface area contributed by atoms with Gasteiger partial charge in [0.25, 0.3) is 0 Å². The molecule has 7 heterocycles. The van der Waals surface area contributed by atoms with Crippen LogP contribution >= 0.6 is 0 Å². The number of hydrogen-bond acceptors (Lipinski definition) is 6. The van der Waals surface area contributed by atoms with E-state index in [-0.39, 0.29) is 12.8 Å². The quantitative estimate of drug-likeness (QED) is 0.123. The van der Waals surface area contributed by atoms with Gasteiger partial charge < -0.3 is 20.2 Å². The molecule has 0 aromatic carbocycles. The maximum absolute atomic E-state index is 11.5. The van der Waals surface area contributed by atoms with Crippen LogP contribution < -0.4 is 0 Å². The maximum atomic E-state index is 11.5. The molecule has 5 aromatic rings. The molecule has 0 spiro atoms. The third-order valence-corrected chi connectivity index (χ3v) is 9.35. The van der Waals surface area contributed by atoms with Crippen LogP contribution in [0.1, 0.15) is 84.6 Å². The van der Waals surface area contributed by atoms with Gasteiger partial charge in [0, 0.05) is 70.8 Å². The van der Waals surface area contributed by atoms with Gasteiger partial charge in [0.05, 0.1) is 22.8 Å². The first-order valence-electron chi connectivity index (χ1n) is 17.6. The fraction of sp³-hybridized carbons (Fsp3) is 0.182. The predicted molar refractivity (Wildman–Crippen MR) is 218 cm³/mol. The van der Waals surface area contributed by atoms with Crippen molar-refractivity contribution in [1.29, 1.82) is 0 Å². The van der Waals surface area contributed by atoms with E-state index >= 15 is 0 Å². The number of aromatic amines is 2. The van der Waals surface area contributed by atoms with E-state index in [4.69, 9.17) is 9.97 Å². The Hall–Kier alpha value is -6.68. The summed E-state index contributed by atoms with van der Waals surface area (Å²) in [5.41, 5.74) is 13.7. The van der Waals surface area contributed by atoms with Gasteiger partial charge in [-0.05, 0) is 122 Å². The van der Waals surface area contributed by atoms with Crippen LogP contribution in [0.4, 0.5) is 0 Å². The average Bonchev–Trinajstić information content (AvgIpc) is 3.84. The standard InChI is InChI=1S/C34H34N4O4.2C5H5N/c1-7-21-17(3)25-13-26-19(5)23(9-11-33(39)40)31(37-26)16-32-24(10-12-34(41)42)20(6)28(38-32)15-30-22(8-2)18(4)27(36-30)14-29(21)35-25;2*1-2-4-6-5-3-1/h7-8,13-16,35-36H,1-2,9-12H2,3-6H3,(H,39,40)(H,41,42);2*1-5H. The average molecular weight is 721 g/mol. The molecule has 0 saturated heterocycles. The lowest BCUT2D eigenvalue weighted by Gasteiger charge is -2.05. The summed E-state index contributed by atoms with van der Waals surface area (Å²) in [6, 6.07) is 19.3. The molecule has 0 aliphatic carbocycles. The Morgan fingerprint density at radius 3 is 1.31 bits per heavy atom. The van der Waals surface area contributed by atoms with Crippen LogP contribution in [0.3, 0.4) is 0 Å². The summed E-state index contributed by atoms with van der Waals surface area (Å²) in [5.74, 6) is -1.78. The molecule has 2 aliphatic heterocycles. The molecule has 274 valence electrons. The number of nitrogens with one attached hydrogen (secondary N) is 2. The first-order valence-corrected chi connectivity index (χ1v) is 17.6. The highest BCUT2D eigenvalue weighted by molar-refractivity contribution is 5.97. The number of carboxylic acid groups (broad SMARTS) is 2. The van der Waals surface area contributed by atoms with Gasteiger partial charge in [-0.25, -0.2) is 9.97 Å². The van der Waals surface area contributed by atoms with Crippen molar-refractivity contribution in [3.8, 4) is 0 Å². The van der Waals surface area contributed by atoms with E-state index in [1.807, 2.05) is 94.4 Å². The van der Waals surface area contributed by atoms with Gasteiger partial charge in [0.1, 0.15) is 0 Å². The van der Waals surface area contributed by atoms with Crippen molar-refractivity contribution in [3.63, 3.8) is 0 Å². The number of fused-ring (bicyclic) bond motifs is 8. The number of carboxylic acids is 2. The Bertz CT molecular complexity index is 2340. The van der Waals surface area contributed by atoms with Crippen LogP contribution in [0, 0.1) is 13.8 Å². The minimum atomic E-state index is -0.889. The molecule has 0 radical (unpaired) electrons. The maximum Gasteiger partial charge on any atom is 0.303 e. The molecule has 5 aromatic heterocycles. The van der Waals surface area contributed by atoms with Crippen LogP contribution in [-0.4, -0.2) is 52.1 Å². The number of aromatic nitrogens is 6. The first-order chi connectivity index (χ1) is 26.0. The zero-order chi connectivity index (χ0) is 38.8. The molecule has 8 bridgehead atoms. The first kappa shape index (κ1) is 38.5. The monoisotopic (exact) mass is 720 g/mol. The van der Waals surface area contributed by atoms with Gasteiger partial charge in [0.15, 0.2) is 0 Å². The molecule has 54 heavy (non-hydrogen) atoms. The van der Waals surface area contributed by atoms with E-state index in [9.17, 15) is 19.8 Å². The summed E-state index contributed by atoms with van der Waals surface area (Å²) < 4.78 is 0. The summed E-state index contributed by atoms with van der Waals surface area (Å²) in [6.45, 7) is 16.1. The van der Waals surface area contributed by atoms with Crippen molar-refractivity contribution in [2.45, 2.75) is 53.4 Å². The molecule has 10 nitrogen and oxygen atoms in total. The zero-order valence-electron chi connectivity index (χ0n) is 31.0. The predicted octanol–water partition coefficient (Wildman–Crippen LogP) is 9.97. The van der Waals surface area contributed by atoms with Crippen molar-refractivity contribution in [2.24, 2.45) is 0 Å². The molecular weight excluding hydrogens is 677 g/mol. The molecule has 0 atom stereocenters. The molecular formula is C44H44N6O4. The topological polar surface area (TPSA) is 158 Å².